The van der Waals surface area contributed by atoms with E-state index in [2.05, 4.69) is 16.0 Å². The molecule has 4 amide bonds. The van der Waals surface area contributed by atoms with Crippen molar-refractivity contribution in [2.75, 3.05) is 26.1 Å². The number of hydrogen-bond acceptors (Lipinski definition) is 7. The van der Waals surface area contributed by atoms with E-state index in [0.717, 1.165) is 0 Å². The van der Waals surface area contributed by atoms with Crippen molar-refractivity contribution >= 4 is 29.5 Å². The summed E-state index contributed by atoms with van der Waals surface area (Å²) in [7, 11) is 2.89. The first-order valence-electron chi connectivity index (χ1n) is 10.8. The van der Waals surface area contributed by atoms with Crippen LogP contribution in [0.3, 0.4) is 0 Å². The molecule has 0 saturated heterocycles. The normalized spacial score (nSPS) is 10.9. The van der Waals surface area contributed by atoms with Gasteiger partial charge >= 0.3 is 12.0 Å². The van der Waals surface area contributed by atoms with E-state index in [0.29, 0.717) is 22.7 Å². The molecule has 0 radical (unpaired) electrons. The molecule has 0 aliphatic carbocycles. The van der Waals surface area contributed by atoms with Crippen molar-refractivity contribution in [3.63, 3.8) is 0 Å². The Kier molecular flexibility index (Phi) is 8.99. The van der Waals surface area contributed by atoms with Gasteiger partial charge in [-0.25, -0.2) is 9.59 Å². The van der Waals surface area contributed by atoms with Crippen molar-refractivity contribution in [3.05, 3.63) is 90.0 Å². The Morgan fingerprint density at radius 3 is 2.25 bits per heavy atom. The van der Waals surface area contributed by atoms with Crippen LogP contribution in [0.1, 0.15) is 22.0 Å². The number of imide groups is 1. The Balaban J connectivity index is 1.60. The van der Waals surface area contributed by atoms with Gasteiger partial charge in [0, 0.05) is 24.4 Å². The molecule has 0 heterocycles. The molecule has 0 aliphatic rings. The minimum absolute atomic E-state index is 0.150. The minimum atomic E-state index is -1.34. The van der Waals surface area contributed by atoms with Crippen LogP contribution in [-0.2, 0) is 14.3 Å². The number of nitrogens with one attached hydrogen (secondary N) is 3. The van der Waals surface area contributed by atoms with Crippen LogP contribution < -0.4 is 25.4 Å². The van der Waals surface area contributed by atoms with Crippen LogP contribution in [0, 0.1) is 0 Å². The Labute approximate surface area is 207 Å². The minimum Gasteiger partial charge on any atom is -0.497 e. The lowest BCUT2D eigenvalue weighted by atomic mass is 10.1. The second-order valence-corrected chi connectivity index (χ2v) is 7.36. The van der Waals surface area contributed by atoms with Crippen molar-refractivity contribution in [2.24, 2.45) is 0 Å². The fourth-order valence-electron chi connectivity index (χ4n) is 3.05. The summed E-state index contributed by atoms with van der Waals surface area (Å²) in [6, 6.07) is 20.4. The fourth-order valence-corrected chi connectivity index (χ4v) is 3.05. The van der Waals surface area contributed by atoms with Crippen LogP contribution in [0.15, 0.2) is 78.9 Å². The number of benzene rings is 3. The molecule has 0 bridgehead atoms. The molecule has 0 fully saturated rings. The van der Waals surface area contributed by atoms with E-state index in [4.69, 9.17) is 14.2 Å². The quantitative estimate of drug-likeness (QED) is 0.392. The number of anilines is 1. The molecule has 0 spiro atoms. The Morgan fingerprint density at radius 2 is 1.58 bits per heavy atom. The second-order valence-electron chi connectivity index (χ2n) is 7.36. The third-order valence-corrected chi connectivity index (χ3v) is 4.84. The van der Waals surface area contributed by atoms with Gasteiger partial charge in [0.15, 0.2) is 6.61 Å². The molecule has 1 unspecified atom stereocenters. The van der Waals surface area contributed by atoms with Crippen LogP contribution in [0.4, 0.5) is 10.5 Å². The van der Waals surface area contributed by atoms with E-state index in [1.807, 2.05) is 0 Å². The average Bonchev–Trinajstić information content (AvgIpc) is 2.91. The smallest absolute Gasteiger partial charge is 0.339 e. The monoisotopic (exact) mass is 491 g/mol. The molecule has 10 heteroatoms. The molecule has 3 aromatic carbocycles. The van der Waals surface area contributed by atoms with E-state index in [1.165, 1.54) is 38.4 Å². The Bertz CT molecular complexity index is 1210. The van der Waals surface area contributed by atoms with E-state index < -0.39 is 24.0 Å². The SMILES string of the molecule is CNC(=O)NC(=O)C(OC(=O)c1ccc(OCC(=O)Nc2cccc(OC)c2)cc1)c1ccccc1. The maximum Gasteiger partial charge on any atom is 0.339 e. The molecule has 3 N–H and O–H groups in total. The highest BCUT2D eigenvalue weighted by Crippen LogP contribution is 2.21. The number of rotatable bonds is 9. The number of ether oxygens (including phenoxy) is 3. The van der Waals surface area contributed by atoms with Crippen LogP contribution in [0.2, 0.25) is 0 Å². The predicted octanol–water partition coefficient (Wildman–Crippen LogP) is 3.07. The van der Waals surface area contributed by atoms with Gasteiger partial charge in [-0.2, -0.15) is 0 Å². The highest BCUT2D eigenvalue weighted by molar-refractivity contribution is 5.99. The molecule has 0 aliphatic heterocycles. The third-order valence-electron chi connectivity index (χ3n) is 4.84. The number of methoxy groups -OCH3 is 1. The number of carbonyl (C=O) groups excluding carboxylic acids is 4. The molecular formula is C26H25N3O7. The lowest BCUT2D eigenvalue weighted by molar-refractivity contribution is -0.129. The highest BCUT2D eigenvalue weighted by Gasteiger charge is 2.27. The van der Waals surface area contributed by atoms with E-state index in [-0.39, 0.29) is 18.1 Å². The second kappa shape index (κ2) is 12.6. The molecule has 3 rings (SSSR count). The summed E-state index contributed by atoms with van der Waals surface area (Å²) in [6.45, 7) is -0.253. The standard InChI is InChI=1S/C26H25N3O7/c1-27-26(33)29-24(31)23(17-7-4-3-5-8-17)36-25(32)18-11-13-20(14-12-18)35-16-22(30)28-19-9-6-10-21(15-19)34-2/h3-15,23H,16H2,1-2H3,(H,28,30)(H2,27,29,31,33). The van der Waals surface area contributed by atoms with E-state index >= 15 is 0 Å². The average molecular weight is 492 g/mol. The topological polar surface area (TPSA) is 132 Å². The molecule has 0 saturated carbocycles. The maximum absolute atomic E-state index is 12.7. The van der Waals surface area contributed by atoms with Gasteiger partial charge in [0.2, 0.25) is 6.10 Å². The molecule has 186 valence electrons. The number of urea groups is 1. The lowest BCUT2D eigenvalue weighted by Gasteiger charge is -2.17. The molecule has 0 aromatic heterocycles. The number of carbonyl (C=O) groups is 4. The van der Waals surface area contributed by atoms with Crippen molar-refractivity contribution in [1.82, 2.24) is 10.6 Å². The van der Waals surface area contributed by atoms with Gasteiger partial charge < -0.3 is 24.8 Å². The predicted molar refractivity (Wildman–Crippen MR) is 131 cm³/mol. The van der Waals surface area contributed by atoms with Gasteiger partial charge in [-0.1, -0.05) is 36.4 Å². The molecule has 36 heavy (non-hydrogen) atoms. The zero-order valence-electron chi connectivity index (χ0n) is 19.6. The first kappa shape index (κ1) is 25.8. The summed E-state index contributed by atoms with van der Waals surface area (Å²) in [5.41, 5.74) is 1.11. The summed E-state index contributed by atoms with van der Waals surface area (Å²) in [5.74, 6) is -0.991. The zero-order valence-corrected chi connectivity index (χ0v) is 19.6. The van der Waals surface area contributed by atoms with Crippen molar-refractivity contribution in [1.29, 1.82) is 0 Å². The first-order chi connectivity index (χ1) is 17.4. The van der Waals surface area contributed by atoms with Crippen LogP contribution in [0.25, 0.3) is 0 Å². The van der Waals surface area contributed by atoms with E-state index in [1.54, 1.807) is 54.6 Å². The highest BCUT2D eigenvalue weighted by atomic mass is 16.5. The molecule has 1 atom stereocenters. The summed E-state index contributed by atoms with van der Waals surface area (Å²) < 4.78 is 16.0. The Morgan fingerprint density at radius 1 is 0.861 bits per heavy atom. The van der Waals surface area contributed by atoms with Crippen LogP contribution in [-0.4, -0.2) is 44.6 Å². The van der Waals surface area contributed by atoms with Gasteiger partial charge in [0.25, 0.3) is 11.8 Å². The fraction of sp³-hybridized carbons (Fsp3) is 0.154. The maximum atomic E-state index is 12.7. The van der Waals surface area contributed by atoms with Gasteiger partial charge in [-0.3, -0.25) is 14.9 Å². The number of amides is 4. The number of hydrogen-bond donors (Lipinski definition) is 3. The van der Waals surface area contributed by atoms with Crippen molar-refractivity contribution < 1.29 is 33.4 Å². The molecule has 3 aromatic rings. The third kappa shape index (κ3) is 7.32. The zero-order chi connectivity index (χ0) is 25.9. The van der Waals surface area contributed by atoms with E-state index in [9.17, 15) is 19.2 Å². The lowest BCUT2D eigenvalue weighted by Crippen LogP contribution is -2.41. The summed E-state index contributed by atoms with van der Waals surface area (Å²) in [4.78, 5) is 49.0. The van der Waals surface area contributed by atoms with Crippen molar-refractivity contribution in [3.8, 4) is 11.5 Å². The van der Waals surface area contributed by atoms with Gasteiger partial charge in [0.1, 0.15) is 11.5 Å². The first-order valence-corrected chi connectivity index (χ1v) is 10.8. The summed E-state index contributed by atoms with van der Waals surface area (Å²) >= 11 is 0. The van der Waals surface area contributed by atoms with Crippen LogP contribution >= 0.6 is 0 Å². The van der Waals surface area contributed by atoms with Gasteiger partial charge in [0.05, 0.1) is 12.7 Å². The largest absolute Gasteiger partial charge is 0.497 e. The van der Waals surface area contributed by atoms with Gasteiger partial charge in [-0.15, -0.1) is 0 Å². The number of esters is 1. The molecule has 10 nitrogen and oxygen atoms in total. The summed E-state index contributed by atoms with van der Waals surface area (Å²) in [5, 5.41) is 7.08. The van der Waals surface area contributed by atoms with Crippen molar-refractivity contribution in [2.45, 2.75) is 6.10 Å². The van der Waals surface area contributed by atoms with Crippen LogP contribution in [0.5, 0.6) is 11.5 Å². The van der Waals surface area contributed by atoms with Gasteiger partial charge in [-0.05, 0) is 36.4 Å². The summed E-state index contributed by atoms with van der Waals surface area (Å²) in [6.07, 6.45) is -1.34. The molecular weight excluding hydrogens is 466 g/mol. The Hall–Kier alpha value is -4.86.